The Bertz CT molecular complexity index is 2050. The number of rotatable bonds is 7. The van der Waals surface area contributed by atoms with E-state index in [0.717, 1.165) is 29.2 Å². The third-order valence-electron chi connectivity index (χ3n) is 9.40. The van der Waals surface area contributed by atoms with Gasteiger partial charge in [0.05, 0.1) is 11.0 Å². The summed E-state index contributed by atoms with van der Waals surface area (Å²) in [5.41, 5.74) is -1.38. The third-order valence-corrected chi connectivity index (χ3v) is 9.79. The van der Waals surface area contributed by atoms with Gasteiger partial charge < -0.3 is 50.5 Å². The molecular formula is C33H30BClF3N5O11. The van der Waals surface area contributed by atoms with E-state index >= 15 is 0 Å². The van der Waals surface area contributed by atoms with Crippen molar-refractivity contribution in [2.75, 3.05) is 26.2 Å². The van der Waals surface area contributed by atoms with Gasteiger partial charge in [0.15, 0.2) is 17.3 Å². The van der Waals surface area contributed by atoms with Crippen LogP contribution in [0, 0.1) is 17.5 Å². The fourth-order valence-electron chi connectivity index (χ4n) is 6.69. The van der Waals surface area contributed by atoms with E-state index < -0.39 is 112 Å². The smallest absolute Gasteiger partial charge is 0.534 e. The van der Waals surface area contributed by atoms with E-state index in [1.54, 1.807) is 0 Å². The lowest BCUT2D eigenvalue weighted by atomic mass is 9.72. The number of carbonyl (C=O) groups is 5. The van der Waals surface area contributed by atoms with Crippen LogP contribution in [-0.4, -0.2) is 115 Å². The molecule has 0 spiro atoms. The summed E-state index contributed by atoms with van der Waals surface area (Å²) in [6.07, 6.45) is 0.272. The summed E-state index contributed by atoms with van der Waals surface area (Å²) in [5, 5.41) is 53.8. The molecular weight excluding hydrogens is 746 g/mol. The number of halogens is 4. The number of nitrogens with one attached hydrogen (secondary N) is 2. The van der Waals surface area contributed by atoms with Crippen LogP contribution in [0.15, 0.2) is 36.4 Å². The maximum absolute atomic E-state index is 14.7. The van der Waals surface area contributed by atoms with E-state index in [9.17, 15) is 62.6 Å². The Kier molecular flexibility index (Phi) is 10.4. The topological polar surface area (TPSA) is 230 Å². The number of hydrogen-bond acceptors (Lipinski definition) is 10. The highest BCUT2D eigenvalue weighted by molar-refractivity contribution is 6.47. The van der Waals surface area contributed by atoms with Gasteiger partial charge in [0.2, 0.25) is 5.91 Å². The maximum atomic E-state index is 14.7. The van der Waals surface area contributed by atoms with Gasteiger partial charge in [-0.25, -0.2) is 32.5 Å². The van der Waals surface area contributed by atoms with Gasteiger partial charge in [0.25, 0.3) is 5.91 Å². The molecule has 2 atom stereocenters. The number of carbonyl (C=O) groups excluding carboxylic acids is 4. The quantitative estimate of drug-likeness (QED) is 0.136. The third kappa shape index (κ3) is 7.21. The van der Waals surface area contributed by atoms with Crippen molar-refractivity contribution in [1.29, 1.82) is 0 Å². The Labute approximate surface area is 308 Å². The highest BCUT2D eigenvalue weighted by Gasteiger charge is 2.43. The number of nitrogens with zero attached hydrogens (tertiary/aromatic N) is 3. The molecule has 21 heteroatoms. The Balaban J connectivity index is 1.17. The van der Waals surface area contributed by atoms with Crippen LogP contribution in [0.1, 0.15) is 50.7 Å². The van der Waals surface area contributed by atoms with Gasteiger partial charge in [0, 0.05) is 49.4 Å². The van der Waals surface area contributed by atoms with Crippen LogP contribution in [0.3, 0.4) is 0 Å². The molecule has 0 unspecified atom stereocenters. The van der Waals surface area contributed by atoms with E-state index in [1.807, 2.05) is 0 Å². The Hall–Kier alpha value is -5.89. The molecule has 0 radical (unpaired) electrons. The van der Waals surface area contributed by atoms with E-state index in [4.69, 9.17) is 16.3 Å². The second kappa shape index (κ2) is 14.9. The summed E-state index contributed by atoms with van der Waals surface area (Å²) in [7, 11) is -1.95. The summed E-state index contributed by atoms with van der Waals surface area (Å²) < 4.78 is 47.9. The van der Waals surface area contributed by atoms with Gasteiger partial charge in [-0.3, -0.25) is 9.59 Å². The first-order valence-electron chi connectivity index (χ1n) is 16.3. The molecule has 0 aliphatic carbocycles. The van der Waals surface area contributed by atoms with Crippen molar-refractivity contribution >= 4 is 48.6 Å². The number of benzene rings is 3. The lowest BCUT2D eigenvalue weighted by Crippen LogP contribution is -2.56. The number of likely N-dealkylation sites (tertiary alicyclic amines) is 1. The average Bonchev–Trinajstić information content (AvgIpc) is 3.51. The molecule has 3 aromatic carbocycles. The summed E-state index contributed by atoms with van der Waals surface area (Å²) in [4.78, 5) is 69.0. The molecule has 7 N–H and O–H groups in total. The van der Waals surface area contributed by atoms with Crippen LogP contribution in [-0.2, 0) is 11.2 Å². The molecule has 0 aromatic heterocycles. The fraction of sp³-hybridized carbons (Fsp3) is 0.303. The monoisotopic (exact) mass is 775 g/mol. The number of imide groups is 1. The fourth-order valence-corrected chi connectivity index (χ4v) is 6.94. The molecule has 0 bridgehead atoms. The molecule has 54 heavy (non-hydrogen) atoms. The normalized spacial score (nSPS) is 17.9. The molecule has 16 nitrogen and oxygen atoms in total. The number of fused-ring (bicyclic) bond motifs is 1. The minimum atomic E-state index is -1.99. The number of carboxylic acids is 1. The summed E-state index contributed by atoms with van der Waals surface area (Å²) in [6.45, 7) is 0.221. The van der Waals surface area contributed by atoms with Gasteiger partial charge in [-0.1, -0.05) is 17.7 Å². The molecule has 3 aliphatic rings. The second-order valence-corrected chi connectivity index (χ2v) is 13.1. The molecule has 3 aliphatic heterocycles. The summed E-state index contributed by atoms with van der Waals surface area (Å²) in [6, 6.07) is 1.24. The van der Waals surface area contributed by atoms with Crippen molar-refractivity contribution in [3.05, 3.63) is 81.1 Å². The lowest BCUT2D eigenvalue weighted by Gasteiger charge is -2.36. The van der Waals surface area contributed by atoms with E-state index in [0.29, 0.717) is 6.07 Å². The van der Waals surface area contributed by atoms with Crippen molar-refractivity contribution < 1.29 is 67.2 Å². The summed E-state index contributed by atoms with van der Waals surface area (Å²) in [5.74, 6) is -11.4. The molecule has 2 saturated heterocycles. The van der Waals surface area contributed by atoms with Crippen LogP contribution >= 0.6 is 11.6 Å². The highest BCUT2D eigenvalue weighted by Crippen LogP contribution is 2.41. The second-order valence-electron chi connectivity index (χ2n) is 12.7. The van der Waals surface area contributed by atoms with Gasteiger partial charge in [-0.2, -0.15) is 0 Å². The van der Waals surface area contributed by atoms with Gasteiger partial charge in [-0.15, -0.1) is 0 Å². The zero-order valence-electron chi connectivity index (χ0n) is 27.8. The van der Waals surface area contributed by atoms with Crippen molar-refractivity contribution in [2.45, 2.75) is 37.3 Å². The van der Waals surface area contributed by atoms with Crippen molar-refractivity contribution in [2.24, 2.45) is 0 Å². The zero-order valence-corrected chi connectivity index (χ0v) is 28.5. The number of phenolic OH excluding ortho intramolecular Hbond substituents is 3. The number of hydrogen-bond donors (Lipinski definition) is 7. The molecule has 2 fully saturated rings. The number of piperidine rings is 1. The van der Waals surface area contributed by atoms with Gasteiger partial charge in [-0.05, 0) is 49.1 Å². The van der Waals surface area contributed by atoms with Crippen LogP contribution in [0.4, 0.5) is 22.8 Å². The predicted molar refractivity (Wildman–Crippen MR) is 179 cm³/mol. The minimum Gasteiger partial charge on any atom is -0.534 e. The van der Waals surface area contributed by atoms with Crippen molar-refractivity contribution in [1.82, 2.24) is 25.3 Å². The number of phenols is 3. The van der Waals surface area contributed by atoms with Crippen LogP contribution in [0.2, 0.25) is 5.02 Å². The highest BCUT2D eigenvalue weighted by atomic mass is 35.5. The van der Waals surface area contributed by atoms with Crippen LogP contribution < -0.4 is 15.3 Å². The van der Waals surface area contributed by atoms with Crippen LogP contribution in [0.5, 0.6) is 23.0 Å². The number of urea groups is 2. The SMILES string of the molecule is O=C(O)c1c(F)ccc2c1OB(O)[C@@H](NC(=O)[C@@H](NC(=O)N1CCN(C3CCN(C(=O)c4cc(O)cc(F)c4)CC3)C1=O)c1cc(F)c(O)c(O)c1Cl)C2. The Morgan fingerprint density at radius 3 is 2.31 bits per heavy atom. The molecule has 3 aromatic rings. The van der Waals surface area contributed by atoms with Crippen LogP contribution in [0.25, 0.3) is 0 Å². The first kappa shape index (κ1) is 37.9. The first-order chi connectivity index (χ1) is 25.5. The summed E-state index contributed by atoms with van der Waals surface area (Å²) >= 11 is 6.17. The molecule has 6 amide bonds. The average molecular weight is 776 g/mol. The molecule has 284 valence electrons. The number of carboxylic acid groups (broad SMARTS) is 1. The van der Waals surface area contributed by atoms with E-state index in [-0.39, 0.29) is 56.6 Å². The van der Waals surface area contributed by atoms with E-state index in [2.05, 4.69) is 10.6 Å². The Morgan fingerprint density at radius 2 is 1.65 bits per heavy atom. The van der Waals surface area contributed by atoms with Crippen molar-refractivity contribution in [3.63, 3.8) is 0 Å². The van der Waals surface area contributed by atoms with Crippen molar-refractivity contribution in [3.8, 4) is 23.0 Å². The zero-order chi connectivity index (χ0) is 39.2. The minimum absolute atomic E-state index is 0.0513. The first-order valence-corrected chi connectivity index (χ1v) is 16.7. The standard InChI is InChI=1S/C33H30BClF3N5O11/c35-24-19(13-21(38)26(45)27(24)46)25(29(47)39-22-11-14-1-2-20(37)23(31(49)50)28(14)54-34(22)53)40-32(51)43-8-7-42(33(43)52)17-3-5-41(6-4-17)30(48)15-9-16(36)12-18(44)10-15/h1-2,9-10,12-13,17,22,25,44-46,53H,3-8,11H2,(H,39,47)(H,40,51)(H,49,50)/t22-,25-/m0/s1. The number of aromatic hydroxyl groups is 3. The van der Waals surface area contributed by atoms with Gasteiger partial charge in [0.1, 0.15) is 34.7 Å². The number of amides is 6. The maximum Gasteiger partial charge on any atom is 0.547 e. The van der Waals surface area contributed by atoms with Gasteiger partial charge >= 0.3 is 25.1 Å². The number of aromatic carboxylic acids is 1. The largest absolute Gasteiger partial charge is 0.547 e. The molecule has 0 saturated carbocycles. The molecule has 6 rings (SSSR count). The molecule has 3 heterocycles. The lowest BCUT2D eigenvalue weighted by molar-refractivity contribution is -0.123. The van der Waals surface area contributed by atoms with E-state index in [1.165, 1.54) is 15.9 Å². The predicted octanol–water partition coefficient (Wildman–Crippen LogP) is 2.51. The Morgan fingerprint density at radius 1 is 0.944 bits per heavy atom.